The average Bonchev–Trinajstić information content (AvgIpc) is 3.37. The molecule has 4 rings (SSSR count). The van der Waals surface area contributed by atoms with E-state index in [-0.39, 0.29) is 24.4 Å². The fraction of sp³-hybridized carbons (Fsp3) is 0.385. The van der Waals surface area contributed by atoms with Crippen molar-refractivity contribution in [2.75, 3.05) is 19.6 Å². The molecule has 2 heterocycles. The smallest absolute Gasteiger partial charge is 0.254 e. The molecule has 1 aliphatic rings. The van der Waals surface area contributed by atoms with E-state index in [0.717, 1.165) is 42.1 Å². The minimum absolute atomic E-state index is 0.0146. The standard InChI is InChI=1S/C26H28BrClN4O3/c1-2-3-14-31(26(34)18-10-12-20(27)13-11-18)17-23(33)32-15-5-4-9-22(32)25-29-24(30-35-25)19-7-6-8-21(28)16-19/h6-8,10-13,16,22H,2-5,9,14-15,17H2,1H3. The minimum atomic E-state index is -0.313. The van der Waals surface area contributed by atoms with E-state index >= 15 is 0 Å². The van der Waals surface area contributed by atoms with E-state index in [1.165, 1.54) is 0 Å². The van der Waals surface area contributed by atoms with Crippen LogP contribution in [0.3, 0.4) is 0 Å². The van der Waals surface area contributed by atoms with Gasteiger partial charge in [0.25, 0.3) is 5.91 Å². The normalized spacial score (nSPS) is 15.7. The Labute approximate surface area is 218 Å². The third kappa shape index (κ3) is 6.30. The molecule has 1 unspecified atom stereocenters. The van der Waals surface area contributed by atoms with Crippen LogP contribution in [0.15, 0.2) is 57.5 Å². The lowest BCUT2D eigenvalue weighted by molar-refractivity contribution is -0.136. The number of carbonyl (C=O) groups is 2. The molecule has 0 aliphatic carbocycles. The summed E-state index contributed by atoms with van der Waals surface area (Å²) >= 11 is 9.51. The maximum Gasteiger partial charge on any atom is 0.254 e. The number of benzene rings is 2. The van der Waals surface area contributed by atoms with E-state index < -0.39 is 0 Å². The Kier molecular flexibility index (Phi) is 8.57. The highest BCUT2D eigenvalue weighted by Crippen LogP contribution is 2.32. The van der Waals surface area contributed by atoms with Gasteiger partial charge in [-0.2, -0.15) is 4.98 Å². The molecule has 7 nitrogen and oxygen atoms in total. The maximum absolute atomic E-state index is 13.5. The van der Waals surface area contributed by atoms with Crippen LogP contribution in [0.4, 0.5) is 0 Å². The summed E-state index contributed by atoms with van der Waals surface area (Å²) in [6.45, 7) is 3.19. The first kappa shape index (κ1) is 25.4. The Morgan fingerprint density at radius 3 is 2.74 bits per heavy atom. The molecule has 1 aromatic heterocycles. The first-order valence-corrected chi connectivity index (χ1v) is 13.1. The lowest BCUT2D eigenvalue weighted by Crippen LogP contribution is -2.46. The van der Waals surface area contributed by atoms with Crippen LogP contribution in [0.5, 0.6) is 0 Å². The molecule has 1 saturated heterocycles. The summed E-state index contributed by atoms with van der Waals surface area (Å²) in [4.78, 5) is 34.7. The zero-order chi connectivity index (χ0) is 24.8. The van der Waals surface area contributed by atoms with Crippen LogP contribution in [0.1, 0.15) is 61.3 Å². The van der Waals surface area contributed by atoms with Crippen molar-refractivity contribution in [3.05, 3.63) is 69.5 Å². The number of halogens is 2. The average molecular weight is 560 g/mol. The predicted octanol–water partition coefficient (Wildman–Crippen LogP) is 6.15. The summed E-state index contributed by atoms with van der Waals surface area (Å²) in [5, 5.41) is 4.71. The first-order chi connectivity index (χ1) is 17.0. The van der Waals surface area contributed by atoms with Crippen LogP contribution in [0.2, 0.25) is 5.02 Å². The summed E-state index contributed by atoms with van der Waals surface area (Å²) in [5.41, 5.74) is 1.32. The maximum atomic E-state index is 13.5. The lowest BCUT2D eigenvalue weighted by Gasteiger charge is -2.35. The number of hydrogen-bond donors (Lipinski definition) is 0. The van der Waals surface area contributed by atoms with Gasteiger partial charge in [-0.05, 0) is 62.1 Å². The van der Waals surface area contributed by atoms with Gasteiger partial charge in [0.15, 0.2) is 0 Å². The van der Waals surface area contributed by atoms with Crippen molar-refractivity contribution in [1.29, 1.82) is 0 Å². The molecule has 9 heteroatoms. The topological polar surface area (TPSA) is 79.5 Å². The Bertz CT molecular complexity index is 1170. The molecule has 0 radical (unpaired) electrons. The van der Waals surface area contributed by atoms with Crippen molar-refractivity contribution < 1.29 is 14.1 Å². The van der Waals surface area contributed by atoms with Gasteiger partial charge in [-0.15, -0.1) is 0 Å². The predicted molar refractivity (Wildman–Crippen MR) is 138 cm³/mol. The second-order valence-electron chi connectivity index (χ2n) is 8.65. The van der Waals surface area contributed by atoms with Gasteiger partial charge >= 0.3 is 0 Å². The highest BCUT2D eigenvalue weighted by atomic mass is 79.9. The summed E-state index contributed by atoms with van der Waals surface area (Å²) in [5.74, 6) is 0.593. The summed E-state index contributed by atoms with van der Waals surface area (Å²) in [6, 6.07) is 14.2. The van der Waals surface area contributed by atoms with E-state index in [1.54, 1.807) is 34.1 Å². The van der Waals surface area contributed by atoms with Crippen molar-refractivity contribution in [3.8, 4) is 11.4 Å². The molecule has 1 fully saturated rings. The van der Waals surface area contributed by atoms with Crippen LogP contribution in [0.25, 0.3) is 11.4 Å². The molecular formula is C26H28BrClN4O3. The first-order valence-electron chi connectivity index (χ1n) is 11.9. The van der Waals surface area contributed by atoms with E-state index in [4.69, 9.17) is 16.1 Å². The molecular weight excluding hydrogens is 532 g/mol. The fourth-order valence-corrected chi connectivity index (χ4v) is 4.69. The van der Waals surface area contributed by atoms with Gasteiger partial charge in [-0.1, -0.05) is 58.2 Å². The number of piperidine rings is 1. The molecule has 1 atom stereocenters. The third-order valence-corrected chi connectivity index (χ3v) is 6.88. The molecule has 2 aromatic carbocycles. The zero-order valence-electron chi connectivity index (χ0n) is 19.6. The molecule has 184 valence electrons. The van der Waals surface area contributed by atoms with Crippen molar-refractivity contribution in [2.24, 2.45) is 0 Å². The molecule has 35 heavy (non-hydrogen) atoms. The quantitative estimate of drug-likeness (QED) is 0.331. The van der Waals surface area contributed by atoms with Crippen LogP contribution >= 0.6 is 27.5 Å². The Morgan fingerprint density at radius 1 is 1.20 bits per heavy atom. The van der Waals surface area contributed by atoms with Gasteiger partial charge in [-0.3, -0.25) is 9.59 Å². The molecule has 0 saturated carbocycles. The SMILES string of the molecule is CCCCN(CC(=O)N1CCCCC1c1nc(-c2cccc(Cl)c2)no1)C(=O)c1ccc(Br)cc1. The van der Waals surface area contributed by atoms with E-state index in [0.29, 0.717) is 35.4 Å². The number of hydrogen-bond acceptors (Lipinski definition) is 5. The van der Waals surface area contributed by atoms with Crippen LogP contribution in [-0.4, -0.2) is 51.4 Å². The highest BCUT2D eigenvalue weighted by molar-refractivity contribution is 9.10. The van der Waals surface area contributed by atoms with Crippen LogP contribution < -0.4 is 0 Å². The number of nitrogens with zero attached hydrogens (tertiary/aromatic N) is 4. The fourth-order valence-electron chi connectivity index (χ4n) is 4.23. The van der Waals surface area contributed by atoms with Gasteiger partial charge in [0.2, 0.25) is 17.6 Å². The molecule has 2 amide bonds. The largest absolute Gasteiger partial charge is 0.337 e. The summed E-state index contributed by atoms with van der Waals surface area (Å²) in [6.07, 6.45) is 4.34. The van der Waals surface area contributed by atoms with Gasteiger partial charge in [0.05, 0.1) is 0 Å². The van der Waals surface area contributed by atoms with Gasteiger partial charge in [0, 0.05) is 33.7 Å². The number of unbranched alkanes of at least 4 members (excludes halogenated alkanes) is 1. The molecule has 1 aliphatic heterocycles. The van der Waals surface area contributed by atoms with Crippen molar-refractivity contribution in [2.45, 2.75) is 45.1 Å². The van der Waals surface area contributed by atoms with E-state index in [1.807, 2.05) is 24.3 Å². The molecule has 0 N–H and O–H groups in total. The number of carbonyl (C=O) groups excluding carboxylic acids is 2. The molecule has 3 aromatic rings. The number of amides is 2. The van der Waals surface area contributed by atoms with Gasteiger partial charge in [-0.25, -0.2) is 0 Å². The van der Waals surface area contributed by atoms with E-state index in [2.05, 4.69) is 33.0 Å². The number of likely N-dealkylation sites (tertiary alicyclic amines) is 1. The van der Waals surface area contributed by atoms with Crippen molar-refractivity contribution in [3.63, 3.8) is 0 Å². The van der Waals surface area contributed by atoms with Crippen LogP contribution in [0, 0.1) is 0 Å². The minimum Gasteiger partial charge on any atom is -0.337 e. The summed E-state index contributed by atoms with van der Waals surface area (Å²) in [7, 11) is 0. The zero-order valence-corrected chi connectivity index (χ0v) is 22.0. The van der Waals surface area contributed by atoms with E-state index in [9.17, 15) is 9.59 Å². The number of rotatable bonds is 8. The van der Waals surface area contributed by atoms with Crippen LogP contribution in [-0.2, 0) is 4.79 Å². The Balaban J connectivity index is 1.52. The molecule has 0 spiro atoms. The second-order valence-corrected chi connectivity index (χ2v) is 10.0. The summed E-state index contributed by atoms with van der Waals surface area (Å²) < 4.78 is 6.49. The molecule has 0 bridgehead atoms. The Morgan fingerprint density at radius 2 is 2.00 bits per heavy atom. The lowest BCUT2D eigenvalue weighted by atomic mass is 10.0. The second kappa shape index (κ2) is 11.8. The third-order valence-electron chi connectivity index (χ3n) is 6.12. The Hall–Kier alpha value is -2.71. The van der Waals surface area contributed by atoms with Gasteiger partial charge in [0.1, 0.15) is 12.6 Å². The monoisotopic (exact) mass is 558 g/mol. The van der Waals surface area contributed by atoms with Crippen molar-refractivity contribution in [1.82, 2.24) is 19.9 Å². The number of aromatic nitrogens is 2. The van der Waals surface area contributed by atoms with Crippen molar-refractivity contribution >= 4 is 39.3 Å². The highest BCUT2D eigenvalue weighted by Gasteiger charge is 2.33. The van der Waals surface area contributed by atoms with Gasteiger partial charge < -0.3 is 14.3 Å².